The molecule has 11 nitrogen and oxygen atoms in total. The molecular weight excluding hydrogens is 608 g/mol. The number of furan rings is 1. The van der Waals surface area contributed by atoms with Gasteiger partial charge in [0, 0.05) is 42.4 Å². The third kappa shape index (κ3) is 5.53. The number of methoxy groups -OCH3 is 2. The maximum absolute atomic E-state index is 14.1. The smallest absolute Gasteiger partial charge is 0.271 e. The Morgan fingerprint density at radius 3 is 2.57 bits per heavy atom. The topological polar surface area (TPSA) is 129 Å². The Bertz CT molecular complexity index is 1990. The number of ether oxygens (including phenoxy) is 2. The number of carbonyl (C=O) groups is 1. The number of aromatic nitrogens is 1. The summed E-state index contributed by atoms with van der Waals surface area (Å²) >= 11 is 7.46. The molecule has 0 saturated carbocycles. The first-order chi connectivity index (χ1) is 21.1. The molecule has 0 bridgehead atoms. The molecule has 228 valence electrons. The quantitative estimate of drug-likeness (QED) is 0.188. The number of benzene rings is 2. The second kappa shape index (κ2) is 12.5. The van der Waals surface area contributed by atoms with Crippen molar-refractivity contribution in [3.63, 3.8) is 0 Å². The van der Waals surface area contributed by atoms with Gasteiger partial charge < -0.3 is 18.8 Å². The Kier molecular flexibility index (Phi) is 8.75. The molecule has 44 heavy (non-hydrogen) atoms. The lowest BCUT2D eigenvalue weighted by atomic mass is 9.93. The van der Waals surface area contributed by atoms with Crippen LogP contribution in [0.3, 0.4) is 0 Å². The van der Waals surface area contributed by atoms with E-state index in [0.717, 1.165) is 11.3 Å². The number of hydrogen-bond donors (Lipinski definition) is 0. The lowest BCUT2D eigenvalue weighted by Gasteiger charge is -2.30. The molecule has 13 heteroatoms. The molecule has 1 atom stereocenters. The van der Waals surface area contributed by atoms with Crippen LogP contribution in [0.15, 0.2) is 74.0 Å². The zero-order valence-electron chi connectivity index (χ0n) is 24.6. The molecule has 1 amide bonds. The minimum atomic E-state index is -0.845. The second-order valence-corrected chi connectivity index (χ2v) is 11.2. The number of non-ortho nitro benzene ring substituents is 1. The number of thiazole rings is 1. The first-order valence-corrected chi connectivity index (χ1v) is 14.9. The number of likely N-dealkylation sites (N-methyl/N-ethyl adjacent to an activating group) is 1. The summed E-state index contributed by atoms with van der Waals surface area (Å²) in [4.78, 5) is 45.6. The summed E-state index contributed by atoms with van der Waals surface area (Å²) in [6.45, 7) is 6.51. The molecule has 1 aliphatic heterocycles. The third-order valence-electron chi connectivity index (χ3n) is 7.36. The predicted octanol–water partition coefficient (Wildman–Crippen LogP) is 4.94. The van der Waals surface area contributed by atoms with Crippen LogP contribution in [0.2, 0.25) is 5.02 Å². The van der Waals surface area contributed by atoms with Gasteiger partial charge in [-0.2, -0.15) is 0 Å². The minimum Gasteiger partial charge on any atom is -0.497 e. The van der Waals surface area contributed by atoms with Gasteiger partial charge in [0.15, 0.2) is 4.80 Å². The number of allylic oxidation sites excluding steroid dienone is 1. The van der Waals surface area contributed by atoms with Gasteiger partial charge in [-0.3, -0.25) is 24.3 Å². The molecule has 0 fully saturated rings. The van der Waals surface area contributed by atoms with Crippen molar-refractivity contribution in [1.82, 2.24) is 9.47 Å². The molecule has 2 aromatic carbocycles. The summed E-state index contributed by atoms with van der Waals surface area (Å²) in [6.07, 6.45) is 1.57. The van der Waals surface area contributed by atoms with E-state index in [9.17, 15) is 19.7 Å². The average molecular weight is 637 g/mol. The van der Waals surface area contributed by atoms with Crippen molar-refractivity contribution in [2.75, 3.05) is 27.3 Å². The second-order valence-electron chi connectivity index (χ2n) is 9.79. The molecule has 0 aliphatic carbocycles. The molecule has 5 rings (SSSR count). The number of rotatable bonds is 9. The zero-order chi connectivity index (χ0) is 31.7. The van der Waals surface area contributed by atoms with Gasteiger partial charge >= 0.3 is 0 Å². The summed E-state index contributed by atoms with van der Waals surface area (Å²) in [5, 5.41) is 11.6. The Morgan fingerprint density at radius 1 is 1.16 bits per heavy atom. The normalized spacial score (nSPS) is 14.7. The maximum atomic E-state index is 14.1. The number of nitro benzene ring substituents is 1. The highest BCUT2D eigenvalue weighted by molar-refractivity contribution is 7.07. The monoisotopic (exact) mass is 636 g/mol. The molecule has 1 aliphatic rings. The van der Waals surface area contributed by atoms with E-state index in [2.05, 4.69) is 0 Å². The van der Waals surface area contributed by atoms with Gasteiger partial charge in [0.05, 0.1) is 40.0 Å². The van der Waals surface area contributed by atoms with E-state index in [0.29, 0.717) is 67.8 Å². The lowest BCUT2D eigenvalue weighted by molar-refractivity contribution is -0.384. The first-order valence-electron chi connectivity index (χ1n) is 13.7. The van der Waals surface area contributed by atoms with E-state index in [4.69, 9.17) is 30.5 Å². The summed E-state index contributed by atoms with van der Waals surface area (Å²) in [7, 11) is 3.07. The average Bonchev–Trinajstić information content (AvgIpc) is 3.60. The highest BCUT2D eigenvalue weighted by atomic mass is 35.5. The van der Waals surface area contributed by atoms with Crippen LogP contribution in [-0.4, -0.2) is 47.6 Å². The summed E-state index contributed by atoms with van der Waals surface area (Å²) < 4.78 is 18.9. The minimum absolute atomic E-state index is 0.130. The summed E-state index contributed by atoms with van der Waals surface area (Å²) in [6, 6.07) is 11.7. The van der Waals surface area contributed by atoms with Crippen LogP contribution in [-0.2, 0) is 4.79 Å². The Labute approximate surface area is 261 Å². The van der Waals surface area contributed by atoms with Crippen LogP contribution in [0.25, 0.3) is 17.4 Å². The first kappa shape index (κ1) is 30.8. The molecule has 0 unspecified atom stereocenters. The van der Waals surface area contributed by atoms with Crippen molar-refractivity contribution in [3.8, 4) is 22.8 Å². The van der Waals surface area contributed by atoms with E-state index < -0.39 is 11.0 Å². The van der Waals surface area contributed by atoms with Crippen molar-refractivity contribution in [2.24, 2.45) is 4.99 Å². The van der Waals surface area contributed by atoms with Crippen LogP contribution in [0.1, 0.15) is 38.1 Å². The van der Waals surface area contributed by atoms with E-state index in [-0.39, 0.29) is 22.2 Å². The Hall–Kier alpha value is -4.68. The highest BCUT2D eigenvalue weighted by Crippen LogP contribution is 2.38. The van der Waals surface area contributed by atoms with Crippen molar-refractivity contribution < 1.29 is 23.6 Å². The molecule has 0 saturated heterocycles. The van der Waals surface area contributed by atoms with E-state index >= 15 is 0 Å². The van der Waals surface area contributed by atoms with Crippen LogP contribution in [0.4, 0.5) is 5.69 Å². The fraction of sp³-hybridized carbons (Fsp3) is 0.258. The van der Waals surface area contributed by atoms with Crippen molar-refractivity contribution >= 4 is 40.6 Å². The lowest BCUT2D eigenvalue weighted by Crippen LogP contribution is -2.43. The van der Waals surface area contributed by atoms with Gasteiger partial charge in [-0.1, -0.05) is 22.9 Å². The summed E-state index contributed by atoms with van der Waals surface area (Å²) in [5.74, 6) is 1.42. The largest absolute Gasteiger partial charge is 0.497 e. The number of halogens is 1. The Morgan fingerprint density at radius 2 is 1.91 bits per heavy atom. The molecule has 0 radical (unpaired) electrons. The highest BCUT2D eigenvalue weighted by Gasteiger charge is 2.36. The number of hydrogen-bond acceptors (Lipinski definition) is 9. The van der Waals surface area contributed by atoms with Gasteiger partial charge in [0.2, 0.25) is 0 Å². The van der Waals surface area contributed by atoms with Crippen molar-refractivity contribution in [1.29, 1.82) is 0 Å². The number of nitrogens with zero attached hydrogens (tertiary/aromatic N) is 4. The molecule has 4 aromatic rings. The predicted molar refractivity (Wildman–Crippen MR) is 167 cm³/mol. The number of amides is 1. The van der Waals surface area contributed by atoms with Crippen molar-refractivity contribution in [2.45, 2.75) is 26.8 Å². The van der Waals surface area contributed by atoms with E-state index in [1.807, 2.05) is 13.8 Å². The van der Waals surface area contributed by atoms with Crippen LogP contribution in [0.5, 0.6) is 11.5 Å². The van der Waals surface area contributed by atoms with Crippen LogP contribution in [0, 0.1) is 10.1 Å². The van der Waals surface area contributed by atoms with Crippen LogP contribution < -0.4 is 24.4 Å². The van der Waals surface area contributed by atoms with Crippen LogP contribution >= 0.6 is 22.9 Å². The fourth-order valence-electron chi connectivity index (χ4n) is 5.14. The van der Waals surface area contributed by atoms with Gasteiger partial charge in [-0.05, 0) is 57.2 Å². The molecular formula is C31H29ClN4O7S. The van der Waals surface area contributed by atoms with Gasteiger partial charge in [-0.15, -0.1) is 0 Å². The SMILES string of the molecule is CCN(CC)C(=O)C1=C(C)N=c2s/c(=C/c3ccc(-c4cc([N+](=O)[O-])ccc4Cl)o3)c(=O)n2[C@@H]1c1cc(OC)ccc1OC. The number of nitro groups is 1. The molecule has 0 spiro atoms. The van der Waals surface area contributed by atoms with E-state index in [1.165, 1.54) is 29.9 Å². The third-order valence-corrected chi connectivity index (χ3v) is 8.67. The van der Waals surface area contributed by atoms with Crippen molar-refractivity contribution in [3.05, 3.63) is 106 Å². The number of fused-ring (bicyclic) bond motifs is 1. The molecule has 0 N–H and O–H groups in total. The Balaban J connectivity index is 1.69. The van der Waals surface area contributed by atoms with Gasteiger partial charge in [0.1, 0.15) is 29.1 Å². The van der Waals surface area contributed by atoms with E-state index in [1.54, 1.807) is 55.3 Å². The van der Waals surface area contributed by atoms with Gasteiger partial charge in [-0.25, -0.2) is 4.99 Å². The molecule has 2 aromatic heterocycles. The summed E-state index contributed by atoms with van der Waals surface area (Å²) in [5.41, 5.74) is 1.26. The number of carbonyl (C=O) groups excluding carboxylic acids is 1. The fourth-order valence-corrected chi connectivity index (χ4v) is 6.38. The van der Waals surface area contributed by atoms with Gasteiger partial charge in [0.25, 0.3) is 17.2 Å². The maximum Gasteiger partial charge on any atom is 0.271 e. The standard InChI is InChI=1S/C31H29ClN4O7S/c1-6-34(7-2)30(38)27-17(3)33-31-35(28(27)22-15-19(41-4)9-12-24(22)42-5)29(37)26(44-31)16-20-10-13-25(43-20)21-14-18(36(39)40)8-11-23(21)32/h8-16,28H,6-7H2,1-5H3/b26-16+/t28-/m1/s1. The molecule has 3 heterocycles. The zero-order valence-corrected chi connectivity index (χ0v) is 26.2.